The summed E-state index contributed by atoms with van der Waals surface area (Å²) in [5.74, 6) is 1.70. The number of hydrogen-bond donors (Lipinski definition) is 0. The summed E-state index contributed by atoms with van der Waals surface area (Å²) < 4.78 is 10.7. The van der Waals surface area contributed by atoms with Gasteiger partial charge in [-0.2, -0.15) is 0 Å². The number of rotatable bonds is 2. The molecule has 3 nitrogen and oxygen atoms in total. The maximum Gasteiger partial charge on any atom is 0.243 e. The van der Waals surface area contributed by atoms with Crippen LogP contribution in [-0.2, 0) is 13.0 Å². The van der Waals surface area contributed by atoms with Gasteiger partial charge in [0.05, 0.1) is 19.3 Å². The molecule has 1 aromatic rings. The number of methoxy groups -OCH3 is 1. The molecule has 72 valence electrons. The molecule has 3 heteroatoms. The number of nitrogens with zero attached hydrogens (tertiary/aromatic N) is 1. The van der Waals surface area contributed by atoms with Gasteiger partial charge in [-0.05, 0) is 12.1 Å². The average molecular weight is 189 g/mol. The van der Waals surface area contributed by atoms with E-state index in [1.807, 2.05) is 12.1 Å². The largest absolute Gasteiger partial charge is 0.496 e. The van der Waals surface area contributed by atoms with Gasteiger partial charge in [0.25, 0.3) is 0 Å². The van der Waals surface area contributed by atoms with Crippen molar-refractivity contribution in [2.24, 2.45) is 0 Å². The summed E-state index contributed by atoms with van der Waals surface area (Å²) in [6, 6.07) is 3.89. The van der Waals surface area contributed by atoms with E-state index >= 15 is 0 Å². The first kappa shape index (κ1) is 8.89. The van der Waals surface area contributed by atoms with Gasteiger partial charge in [-0.3, -0.25) is 0 Å². The van der Waals surface area contributed by atoms with Gasteiger partial charge in [-0.25, -0.2) is 6.57 Å². The number of ether oxygens (including phenoxy) is 2. The zero-order chi connectivity index (χ0) is 9.97. The summed E-state index contributed by atoms with van der Waals surface area (Å²) in [6.07, 6.45) is 0.935. The van der Waals surface area contributed by atoms with Crippen LogP contribution in [0.4, 0.5) is 0 Å². The molecule has 1 aromatic carbocycles. The highest BCUT2D eigenvalue weighted by atomic mass is 16.5. The van der Waals surface area contributed by atoms with Crippen molar-refractivity contribution in [3.8, 4) is 11.5 Å². The van der Waals surface area contributed by atoms with Crippen molar-refractivity contribution in [1.29, 1.82) is 0 Å². The fourth-order valence-corrected chi connectivity index (χ4v) is 1.64. The Hall–Kier alpha value is -1.69. The lowest BCUT2D eigenvalue weighted by Gasteiger charge is -2.06. The Labute approximate surface area is 83.1 Å². The highest BCUT2D eigenvalue weighted by molar-refractivity contribution is 5.48. The van der Waals surface area contributed by atoms with Crippen molar-refractivity contribution in [2.45, 2.75) is 13.0 Å². The molecule has 0 aliphatic carbocycles. The standard InChI is InChI=1S/C11H11NO2/c1-12-7-9-6-11-8(3-4-14-11)5-10(9)13-2/h5-6H,3-4,7H2,2H3. The Morgan fingerprint density at radius 3 is 3.14 bits per heavy atom. The third-order valence-electron chi connectivity index (χ3n) is 2.34. The minimum absolute atomic E-state index is 0.347. The summed E-state index contributed by atoms with van der Waals surface area (Å²) in [6.45, 7) is 7.92. The van der Waals surface area contributed by atoms with Crippen LogP contribution in [-0.4, -0.2) is 13.7 Å². The summed E-state index contributed by atoms with van der Waals surface area (Å²) in [4.78, 5) is 3.35. The third-order valence-corrected chi connectivity index (χ3v) is 2.34. The molecule has 1 aliphatic rings. The molecule has 0 saturated carbocycles. The number of fused-ring (bicyclic) bond motifs is 1. The second kappa shape index (κ2) is 3.59. The molecule has 0 N–H and O–H groups in total. The second-order valence-electron chi connectivity index (χ2n) is 3.19. The topological polar surface area (TPSA) is 22.8 Å². The maximum absolute atomic E-state index is 6.84. The molecule has 0 fully saturated rings. The van der Waals surface area contributed by atoms with Gasteiger partial charge in [0.1, 0.15) is 11.5 Å². The average Bonchev–Trinajstić information content (AvgIpc) is 2.64. The molecule has 0 bridgehead atoms. The Bertz CT molecular complexity index is 393. The SMILES string of the molecule is [C-]#[N+]Cc1cc2c(cc1OC)CCO2. The van der Waals surface area contributed by atoms with Gasteiger partial charge in [0.2, 0.25) is 6.54 Å². The molecule has 0 saturated heterocycles. The smallest absolute Gasteiger partial charge is 0.243 e. The van der Waals surface area contributed by atoms with Crippen molar-refractivity contribution >= 4 is 0 Å². The first-order valence-corrected chi connectivity index (χ1v) is 4.51. The summed E-state index contributed by atoms with van der Waals surface area (Å²) >= 11 is 0. The van der Waals surface area contributed by atoms with E-state index in [4.69, 9.17) is 16.0 Å². The zero-order valence-electron chi connectivity index (χ0n) is 8.04. The van der Waals surface area contributed by atoms with E-state index in [0.717, 1.165) is 30.1 Å². The second-order valence-corrected chi connectivity index (χ2v) is 3.19. The van der Waals surface area contributed by atoms with Crippen molar-refractivity contribution in [1.82, 2.24) is 0 Å². The van der Waals surface area contributed by atoms with E-state index in [1.165, 1.54) is 5.56 Å². The molecule has 1 aliphatic heterocycles. The van der Waals surface area contributed by atoms with Crippen LogP contribution in [0.3, 0.4) is 0 Å². The predicted molar refractivity (Wildman–Crippen MR) is 52.5 cm³/mol. The first-order chi connectivity index (χ1) is 6.85. The van der Waals surface area contributed by atoms with Crippen LogP contribution in [0.1, 0.15) is 11.1 Å². The van der Waals surface area contributed by atoms with Gasteiger partial charge in [-0.15, -0.1) is 0 Å². The van der Waals surface area contributed by atoms with Crippen LogP contribution < -0.4 is 9.47 Å². The molecule has 0 atom stereocenters. The Morgan fingerprint density at radius 1 is 1.57 bits per heavy atom. The van der Waals surface area contributed by atoms with Crippen LogP contribution >= 0.6 is 0 Å². The van der Waals surface area contributed by atoms with Crippen molar-refractivity contribution in [3.63, 3.8) is 0 Å². The molecular formula is C11H11NO2. The molecular weight excluding hydrogens is 178 g/mol. The fraction of sp³-hybridized carbons (Fsp3) is 0.364. The summed E-state index contributed by atoms with van der Waals surface area (Å²) in [5.41, 5.74) is 2.08. The van der Waals surface area contributed by atoms with Crippen molar-refractivity contribution in [3.05, 3.63) is 34.7 Å². The van der Waals surface area contributed by atoms with Gasteiger partial charge in [-0.1, -0.05) is 0 Å². The molecule has 1 heterocycles. The van der Waals surface area contributed by atoms with E-state index in [2.05, 4.69) is 4.85 Å². The van der Waals surface area contributed by atoms with Gasteiger partial charge in [0.15, 0.2) is 0 Å². The predicted octanol–water partition coefficient (Wildman–Crippen LogP) is 2.05. The normalized spacial score (nSPS) is 12.9. The van der Waals surface area contributed by atoms with E-state index in [0.29, 0.717) is 6.54 Å². The van der Waals surface area contributed by atoms with Crippen LogP contribution in [0.2, 0.25) is 0 Å². The Morgan fingerprint density at radius 2 is 2.43 bits per heavy atom. The molecule has 2 rings (SSSR count). The molecule has 0 aromatic heterocycles. The van der Waals surface area contributed by atoms with E-state index < -0.39 is 0 Å². The molecule has 0 spiro atoms. The zero-order valence-corrected chi connectivity index (χ0v) is 8.04. The minimum Gasteiger partial charge on any atom is -0.496 e. The lowest BCUT2D eigenvalue weighted by atomic mass is 10.1. The minimum atomic E-state index is 0.347. The number of benzene rings is 1. The molecule has 0 radical (unpaired) electrons. The third kappa shape index (κ3) is 1.39. The quantitative estimate of drug-likeness (QED) is 0.664. The molecule has 14 heavy (non-hydrogen) atoms. The molecule has 0 unspecified atom stereocenters. The van der Waals surface area contributed by atoms with Crippen LogP contribution in [0.5, 0.6) is 11.5 Å². The van der Waals surface area contributed by atoms with E-state index in [9.17, 15) is 0 Å². The highest BCUT2D eigenvalue weighted by Crippen LogP contribution is 2.32. The van der Waals surface area contributed by atoms with Crippen LogP contribution in [0.25, 0.3) is 4.85 Å². The summed E-state index contributed by atoms with van der Waals surface area (Å²) in [5, 5.41) is 0. The first-order valence-electron chi connectivity index (χ1n) is 4.51. The lowest BCUT2D eigenvalue weighted by molar-refractivity contribution is 0.356. The fourth-order valence-electron chi connectivity index (χ4n) is 1.64. The molecule has 0 amide bonds. The van der Waals surface area contributed by atoms with Gasteiger partial charge in [0, 0.05) is 12.0 Å². The monoisotopic (exact) mass is 189 g/mol. The van der Waals surface area contributed by atoms with Crippen molar-refractivity contribution in [2.75, 3.05) is 13.7 Å². The highest BCUT2D eigenvalue weighted by Gasteiger charge is 2.17. The maximum atomic E-state index is 6.84. The van der Waals surface area contributed by atoms with E-state index in [1.54, 1.807) is 7.11 Å². The van der Waals surface area contributed by atoms with Gasteiger partial charge < -0.3 is 14.3 Å². The van der Waals surface area contributed by atoms with Gasteiger partial charge >= 0.3 is 0 Å². The number of hydrogen-bond acceptors (Lipinski definition) is 2. The van der Waals surface area contributed by atoms with E-state index in [-0.39, 0.29) is 0 Å². The van der Waals surface area contributed by atoms with Crippen LogP contribution in [0, 0.1) is 6.57 Å². The Kier molecular flexibility index (Phi) is 2.28. The summed E-state index contributed by atoms with van der Waals surface area (Å²) in [7, 11) is 1.63. The van der Waals surface area contributed by atoms with Crippen molar-refractivity contribution < 1.29 is 9.47 Å². The lowest BCUT2D eigenvalue weighted by Crippen LogP contribution is -1.92. The van der Waals surface area contributed by atoms with Crippen LogP contribution in [0.15, 0.2) is 12.1 Å². The Balaban J connectivity index is 2.44.